The Labute approximate surface area is 137 Å². The van der Waals surface area contributed by atoms with Gasteiger partial charge in [0, 0.05) is 18.1 Å². The highest BCUT2D eigenvalue weighted by Crippen LogP contribution is 2.22. The van der Waals surface area contributed by atoms with Gasteiger partial charge in [0.25, 0.3) is 0 Å². The summed E-state index contributed by atoms with van der Waals surface area (Å²) in [5.74, 6) is 0. The van der Waals surface area contributed by atoms with Gasteiger partial charge in [-0.05, 0) is 64.1 Å². The van der Waals surface area contributed by atoms with Gasteiger partial charge in [0.15, 0.2) is 0 Å². The van der Waals surface area contributed by atoms with E-state index in [9.17, 15) is 5.11 Å². The highest BCUT2D eigenvalue weighted by molar-refractivity contribution is 9.11. The maximum Gasteiger partial charge on any atom is 0.0802 e. The van der Waals surface area contributed by atoms with Gasteiger partial charge in [-0.2, -0.15) is 0 Å². The lowest BCUT2D eigenvalue weighted by molar-refractivity contribution is 0.147. The first-order valence-electron chi connectivity index (χ1n) is 6.39. The fourth-order valence-electron chi connectivity index (χ4n) is 2.01. The maximum atomic E-state index is 10.2. The lowest BCUT2D eigenvalue weighted by Crippen LogP contribution is -2.20. The minimum atomic E-state index is -0.441. The van der Waals surface area contributed by atoms with Crippen LogP contribution in [0, 0.1) is 0 Å². The van der Waals surface area contributed by atoms with Crippen molar-refractivity contribution in [2.24, 2.45) is 0 Å². The van der Waals surface area contributed by atoms with E-state index < -0.39 is 6.10 Å². The van der Waals surface area contributed by atoms with E-state index in [0.29, 0.717) is 11.4 Å². The molecule has 2 rings (SSSR count). The summed E-state index contributed by atoms with van der Waals surface area (Å²) in [5, 5.41) is 13.0. The molecule has 0 fully saturated rings. The van der Waals surface area contributed by atoms with Crippen LogP contribution in [-0.4, -0.2) is 23.6 Å². The summed E-state index contributed by atoms with van der Waals surface area (Å²) in [4.78, 5) is 2.22. The third kappa shape index (κ3) is 4.86. The standard InChI is InChI=1S/C15H17BrClNOS/c1-18(9-11-8-15(16)20-10-11)7-6-14(19)12-2-4-13(17)5-3-12/h2-5,8,10,14,19H,6-7,9H2,1H3. The number of rotatable bonds is 6. The van der Waals surface area contributed by atoms with Crippen LogP contribution in [0.3, 0.4) is 0 Å². The van der Waals surface area contributed by atoms with Crippen LogP contribution < -0.4 is 0 Å². The Morgan fingerprint density at radius 1 is 1.35 bits per heavy atom. The van der Waals surface area contributed by atoms with Crippen LogP contribution in [0.1, 0.15) is 23.7 Å². The molecule has 1 aromatic carbocycles. The number of aliphatic hydroxyl groups is 1. The van der Waals surface area contributed by atoms with Gasteiger partial charge in [0.1, 0.15) is 0 Å². The average Bonchev–Trinajstić information content (AvgIpc) is 2.82. The van der Waals surface area contributed by atoms with Gasteiger partial charge in [0.2, 0.25) is 0 Å². The fraction of sp³-hybridized carbons (Fsp3) is 0.333. The fourth-order valence-corrected chi connectivity index (χ4v) is 3.34. The molecular formula is C15H17BrClNOS. The third-order valence-corrected chi connectivity index (χ3v) is 4.92. The Morgan fingerprint density at radius 3 is 2.65 bits per heavy atom. The van der Waals surface area contributed by atoms with Crippen molar-refractivity contribution in [3.8, 4) is 0 Å². The van der Waals surface area contributed by atoms with Gasteiger partial charge in [-0.15, -0.1) is 11.3 Å². The van der Waals surface area contributed by atoms with Crippen molar-refractivity contribution < 1.29 is 5.11 Å². The summed E-state index contributed by atoms with van der Waals surface area (Å²) < 4.78 is 1.15. The van der Waals surface area contributed by atoms with Crippen LogP contribution in [0.15, 0.2) is 39.5 Å². The van der Waals surface area contributed by atoms with Crippen molar-refractivity contribution in [1.82, 2.24) is 4.90 Å². The zero-order chi connectivity index (χ0) is 14.5. The SMILES string of the molecule is CN(CCC(O)c1ccc(Cl)cc1)Cc1csc(Br)c1. The lowest BCUT2D eigenvalue weighted by Gasteiger charge is -2.18. The molecule has 20 heavy (non-hydrogen) atoms. The van der Waals surface area contributed by atoms with Gasteiger partial charge in [-0.3, -0.25) is 0 Å². The highest BCUT2D eigenvalue weighted by atomic mass is 79.9. The van der Waals surface area contributed by atoms with Crippen LogP contribution in [-0.2, 0) is 6.54 Å². The number of benzene rings is 1. The number of hydrogen-bond acceptors (Lipinski definition) is 3. The molecule has 1 aromatic heterocycles. The number of aliphatic hydroxyl groups excluding tert-OH is 1. The van der Waals surface area contributed by atoms with E-state index in [2.05, 4.69) is 39.3 Å². The van der Waals surface area contributed by atoms with Crippen molar-refractivity contribution in [2.75, 3.05) is 13.6 Å². The minimum absolute atomic E-state index is 0.441. The van der Waals surface area contributed by atoms with E-state index in [0.717, 1.165) is 22.4 Å². The van der Waals surface area contributed by atoms with Crippen molar-refractivity contribution in [3.05, 3.63) is 55.6 Å². The molecule has 1 heterocycles. The molecule has 0 spiro atoms. The molecule has 1 atom stereocenters. The quantitative estimate of drug-likeness (QED) is 0.791. The molecule has 0 aliphatic rings. The van der Waals surface area contributed by atoms with E-state index in [-0.39, 0.29) is 0 Å². The van der Waals surface area contributed by atoms with E-state index in [4.69, 9.17) is 11.6 Å². The van der Waals surface area contributed by atoms with Crippen LogP contribution in [0.5, 0.6) is 0 Å². The van der Waals surface area contributed by atoms with Crippen LogP contribution in [0.2, 0.25) is 5.02 Å². The Kier molecular flexibility index (Phi) is 6.05. The number of hydrogen-bond donors (Lipinski definition) is 1. The zero-order valence-corrected chi connectivity index (χ0v) is 14.4. The highest BCUT2D eigenvalue weighted by Gasteiger charge is 2.09. The Bertz CT molecular complexity index is 543. The number of thiophene rings is 1. The molecule has 1 unspecified atom stereocenters. The number of halogens is 2. The van der Waals surface area contributed by atoms with Crippen molar-refractivity contribution in [2.45, 2.75) is 19.1 Å². The van der Waals surface area contributed by atoms with Crippen molar-refractivity contribution in [1.29, 1.82) is 0 Å². The summed E-state index contributed by atoms with van der Waals surface area (Å²) in [7, 11) is 2.07. The van der Waals surface area contributed by atoms with Gasteiger partial charge in [0.05, 0.1) is 9.89 Å². The van der Waals surface area contributed by atoms with E-state index in [1.165, 1.54) is 5.56 Å². The molecule has 0 aliphatic heterocycles. The monoisotopic (exact) mass is 373 g/mol. The minimum Gasteiger partial charge on any atom is -0.388 e. The summed E-state index contributed by atoms with van der Waals surface area (Å²) in [6.07, 6.45) is 0.271. The first-order chi connectivity index (χ1) is 9.54. The summed E-state index contributed by atoms with van der Waals surface area (Å²) in [6.45, 7) is 1.74. The molecule has 0 radical (unpaired) electrons. The van der Waals surface area contributed by atoms with Crippen LogP contribution in [0.25, 0.3) is 0 Å². The molecule has 2 aromatic rings. The smallest absolute Gasteiger partial charge is 0.0802 e. The zero-order valence-electron chi connectivity index (χ0n) is 11.2. The molecule has 5 heteroatoms. The predicted molar refractivity (Wildman–Crippen MR) is 89.4 cm³/mol. The molecule has 108 valence electrons. The summed E-state index contributed by atoms with van der Waals surface area (Å²) in [6, 6.07) is 9.52. The summed E-state index contributed by atoms with van der Waals surface area (Å²) in [5.41, 5.74) is 2.21. The Morgan fingerprint density at radius 2 is 2.05 bits per heavy atom. The topological polar surface area (TPSA) is 23.5 Å². The Balaban J connectivity index is 1.80. The van der Waals surface area contributed by atoms with Crippen molar-refractivity contribution in [3.63, 3.8) is 0 Å². The Hall–Kier alpha value is -0.390. The normalized spacial score (nSPS) is 12.8. The van der Waals surface area contributed by atoms with Crippen LogP contribution in [0.4, 0.5) is 0 Å². The number of nitrogens with zero attached hydrogens (tertiary/aromatic N) is 1. The molecule has 2 nitrogen and oxygen atoms in total. The third-order valence-electron chi connectivity index (χ3n) is 3.11. The molecular weight excluding hydrogens is 358 g/mol. The second kappa shape index (κ2) is 7.57. The second-order valence-corrected chi connectivity index (χ2v) is 7.58. The molecule has 0 aliphatic carbocycles. The molecule has 0 bridgehead atoms. The largest absolute Gasteiger partial charge is 0.388 e. The second-order valence-electron chi connectivity index (χ2n) is 4.85. The van der Waals surface area contributed by atoms with Gasteiger partial charge >= 0.3 is 0 Å². The van der Waals surface area contributed by atoms with E-state index >= 15 is 0 Å². The van der Waals surface area contributed by atoms with Crippen LogP contribution >= 0.6 is 38.9 Å². The van der Waals surface area contributed by atoms with E-state index in [1.807, 2.05) is 24.3 Å². The van der Waals surface area contributed by atoms with Gasteiger partial charge in [-0.1, -0.05) is 23.7 Å². The van der Waals surface area contributed by atoms with E-state index in [1.54, 1.807) is 11.3 Å². The van der Waals surface area contributed by atoms with Gasteiger partial charge < -0.3 is 10.0 Å². The van der Waals surface area contributed by atoms with Crippen molar-refractivity contribution >= 4 is 38.9 Å². The first kappa shape index (κ1) is 16.0. The average molecular weight is 375 g/mol. The maximum absolute atomic E-state index is 10.2. The summed E-state index contributed by atoms with van der Waals surface area (Å²) >= 11 is 11.0. The lowest BCUT2D eigenvalue weighted by atomic mass is 10.1. The predicted octanol–water partition coefficient (Wildman–Crippen LogP) is 4.72. The molecule has 0 saturated carbocycles. The molecule has 0 amide bonds. The van der Waals surface area contributed by atoms with Gasteiger partial charge in [-0.25, -0.2) is 0 Å². The molecule has 0 saturated heterocycles. The first-order valence-corrected chi connectivity index (χ1v) is 8.44. The molecule has 1 N–H and O–H groups in total.